The van der Waals surface area contributed by atoms with Crippen LogP contribution in [-0.4, -0.2) is 42.5 Å². The van der Waals surface area contributed by atoms with Gasteiger partial charge in [0.25, 0.3) is 0 Å². The number of para-hydroxylation sites is 1. The molecule has 1 atom stereocenters. The van der Waals surface area contributed by atoms with Crippen molar-refractivity contribution in [1.82, 2.24) is 4.90 Å². The van der Waals surface area contributed by atoms with Crippen LogP contribution in [0.1, 0.15) is 32.3 Å². The number of nitrogens with zero attached hydrogens (tertiary/aromatic N) is 2. The van der Waals surface area contributed by atoms with Gasteiger partial charge in [0.1, 0.15) is 6.07 Å². The lowest BCUT2D eigenvalue weighted by Crippen LogP contribution is -2.47. The number of carbonyl (C=O) groups excluding carboxylic acids is 2. The van der Waals surface area contributed by atoms with E-state index in [0.717, 1.165) is 0 Å². The zero-order chi connectivity index (χ0) is 17.5. The predicted octanol–water partition coefficient (Wildman–Crippen LogP) is 2.16. The smallest absolute Gasteiger partial charge is 0.309 e. The molecular weight excluding hydrogens is 306 g/mol. The van der Waals surface area contributed by atoms with Crippen molar-refractivity contribution >= 4 is 17.6 Å². The van der Waals surface area contributed by atoms with E-state index in [2.05, 4.69) is 16.3 Å². The molecule has 0 unspecified atom stereocenters. The van der Waals surface area contributed by atoms with E-state index < -0.39 is 0 Å². The van der Waals surface area contributed by atoms with E-state index in [1.165, 1.54) is 0 Å². The Morgan fingerprint density at radius 2 is 2.04 bits per heavy atom. The van der Waals surface area contributed by atoms with Gasteiger partial charge in [0, 0.05) is 0 Å². The highest BCUT2D eigenvalue weighted by Gasteiger charge is 2.30. The van der Waals surface area contributed by atoms with Gasteiger partial charge in [0.2, 0.25) is 5.91 Å². The summed E-state index contributed by atoms with van der Waals surface area (Å²) in [6.45, 7) is 5.40. The molecule has 0 bridgehead atoms. The van der Waals surface area contributed by atoms with Crippen LogP contribution in [0.4, 0.5) is 5.69 Å². The molecule has 1 heterocycles. The molecule has 0 aromatic heterocycles. The lowest BCUT2D eigenvalue weighted by atomic mass is 9.96. The molecule has 1 saturated heterocycles. The summed E-state index contributed by atoms with van der Waals surface area (Å²) in [5.41, 5.74) is 0.970. The molecule has 1 aromatic rings. The van der Waals surface area contributed by atoms with Gasteiger partial charge >= 0.3 is 5.97 Å². The van der Waals surface area contributed by atoms with E-state index in [9.17, 15) is 9.59 Å². The standard InChI is InChI=1S/C18H23N3O3/c1-3-24-18(23)14-8-10-21(11-9-14)13(2)17(22)20-16-7-5-4-6-15(16)12-19/h4-7,13-14H,3,8-11H2,1-2H3,(H,20,22)/t13-/m0/s1. The molecule has 6 nitrogen and oxygen atoms in total. The number of piperidine rings is 1. The summed E-state index contributed by atoms with van der Waals surface area (Å²) in [5, 5.41) is 11.9. The molecule has 0 aliphatic carbocycles. The molecule has 1 aliphatic heterocycles. The van der Waals surface area contributed by atoms with Crippen molar-refractivity contribution in [2.75, 3.05) is 25.0 Å². The molecule has 1 N–H and O–H groups in total. The maximum Gasteiger partial charge on any atom is 0.309 e. The summed E-state index contributed by atoms with van der Waals surface area (Å²) >= 11 is 0. The van der Waals surface area contributed by atoms with Gasteiger partial charge in [-0.2, -0.15) is 5.26 Å². The Morgan fingerprint density at radius 1 is 1.38 bits per heavy atom. The second-order valence-electron chi connectivity index (χ2n) is 5.88. The van der Waals surface area contributed by atoms with E-state index in [1.54, 1.807) is 31.2 Å². The highest BCUT2D eigenvalue weighted by Crippen LogP contribution is 2.21. The SMILES string of the molecule is CCOC(=O)C1CCN([C@@H](C)C(=O)Nc2ccccc2C#N)CC1. The van der Waals surface area contributed by atoms with Gasteiger partial charge in [0.15, 0.2) is 0 Å². The maximum atomic E-state index is 12.4. The molecule has 24 heavy (non-hydrogen) atoms. The van der Waals surface area contributed by atoms with Crippen LogP contribution in [0.2, 0.25) is 0 Å². The fourth-order valence-electron chi connectivity index (χ4n) is 2.88. The topological polar surface area (TPSA) is 82.4 Å². The minimum Gasteiger partial charge on any atom is -0.466 e. The van der Waals surface area contributed by atoms with Gasteiger partial charge in [-0.3, -0.25) is 14.5 Å². The number of hydrogen-bond acceptors (Lipinski definition) is 5. The molecule has 0 spiro atoms. The number of ether oxygens (including phenoxy) is 1. The fourth-order valence-corrected chi connectivity index (χ4v) is 2.88. The van der Waals surface area contributed by atoms with Crippen LogP contribution in [0.3, 0.4) is 0 Å². The first-order valence-electron chi connectivity index (χ1n) is 8.27. The van der Waals surface area contributed by atoms with Crippen LogP contribution in [-0.2, 0) is 14.3 Å². The average molecular weight is 329 g/mol. The van der Waals surface area contributed by atoms with Crippen molar-refractivity contribution < 1.29 is 14.3 Å². The van der Waals surface area contributed by atoms with Crippen molar-refractivity contribution in [3.63, 3.8) is 0 Å². The maximum absolute atomic E-state index is 12.4. The zero-order valence-corrected chi connectivity index (χ0v) is 14.1. The van der Waals surface area contributed by atoms with Gasteiger partial charge in [-0.15, -0.1) is 0 Å². The first kappa shape index (κ1) is 18.0. The van der Waals surface area contributed by atoms with Crippen LogP contribution in [0.25, 0.3) is 0 Å². The van der Waals surface area contributed by atoms with E-state index in [4.69, 9.17) is 10.00 Å². The van der Waals surface area contributed by atoms with Gasteiger partial charge in [-0.25, -0.2) is 0 Å². The third-order valence-electron chi connectivity index (χ3n) is 4.38. The Kier molecular flexibility index (Phi) is 6.33. The van der Waals surface area contributed by atoms with Crippen LogP contribution < -0.4 is 5.32 Å². The highest BCUT2D eigenvalue weighted by molar-refractivity contribution is 5.95. The van der Waals surface area contributed by atoms with Gasteiger partial charge in [-0.1, -0.05) is 12.1 Å². The number of nitrogens with one attached hydrogen (secondary N) is 1. The average Bonchev–Trinajstić information content (AvgIpc) is 2.61. The third-order valence-corrected chi connectivity index (χ3v) is 4.38. The number of carbonyl (C=O) groups is 2. The van der Waals surface area contributed by atoms with Crippen molar-refractivity contribution in [2.24, 2.45) is 5.92 Å². The normalized spacial score (nSPS) is 16.9. The highest BCUT2D eigenvalue weighted by atomic mass is 16.5. The van der Waals surface area contributed by atoms with E-state index in [-0.39, 0.29) is 23.8 Å². The molecular formula is C18H23N3O3. The molecule has 2 rings (SSSR count). The third kappa shape index (κ3) is 4.33. The zero-order valence-electron chi connectivity index (χ0n) is 14.1. The van der Waals surface area contributed by atoms with Crippen molar-refractivity contribution in [3.8, 4) is 6.07 Å². The number of nitriles is 1. The van der Waals surface area contributed by atoms with Crippen molar-refractivity contribution in [3.05, 3.63) is 29.8 Å². The molecule has 1 aliphatic rings. The van der Waals surface area contributed by atoms with Crippen LogP contribution >= 0.6 is 0 Å². The summed E-state index contributed by atoms with van der Waals surface area (Å²) in [6, 6.07) is 8.69. The molecule has 0 saturated carbocycles. The Morgan fingerprint density at radius 3 is 2.67 bits per heavy atom. The molecule has 128 valence electrons. The second kappa shape index (κ2) is 8.46. The number of anilines is 1. The summed E-state index contributed by atoms with van der Waals surface area (Å²) in [5.74, 6) is -0.361. The quantitative estimate of drug-likeness (QED) is 0.837. The minimum absolute atomic E-state index is 0.0734. The summed E-state index contributed by atoms with van der Waals surface area (Å²) in [7, 11) is 0. The number of esters is 1. The molecule has 1 amide bonds. The van der Waals surface area contributed by atoms with E-state index in [0.29, 0.717) is 43.8 Å². The predicted molar refractivity (Wildman–Crippen MR) is 90.2 cm³/mol. The fraction of sp³-hybridized carbons (Fsp3) is 0.500. The molecule has 1 fully saturated rings. The molecule has 0 radical (unpaired) electrons. The first-order valence-corrected chi connectivity index (χ1v) is 8.27. The summed E-state index contributed by atoms with van der Waals surface area (Å²) in [6.07, 6.45) is 1.40. The number of amides is 1. The number of benzene rings is 1. The molecule has 6 heteroatoms. The number of rotatable bonds is 5. The summed E-state index contributed by atoms with van der Waals surface area (Å²) < 4.78 is 5.06. The number of likely N-dealkylation sites (tertiary alicyclic amines) is 1. The molecule has 1 aromatic carbocycles. The van der Waals surface area contributed by atoms with Crippen molar-refractivity contribution in [1.29, 1.82) is 5.26 Å². The number of hydrogen-bond donors (Lipinski definition) is 1. The lowest BCUT2D eigenvalue weighted by molar-refractivity contribution is -0.149. The van der Waals surface area contributed by atoms with Crippen LogP contribution in [0.5, 0.6) is 0 Å². The Balaban J connectivity index is 1.91. The first-order chi connectivity index (χ1) is 11.6. The van der Waals surface area contributed by atoms with Gasteiger partial charge in [-0.05, 0) is 51.9 Å². The largest absolute Gasteiger partial charge is 0.466 e. The lowest BCUT2D eigenvalue weighted by Gasteiger charge is -2.34. The van der Waals surface area contributed by atoms with Gasteiger partial charge < -0.3 is 10.1 Å². The van der Waals surface area contributed by atoms with Crippen LogP contribution in [0, 0.1) is 17.2 Å². The Bertz CT molecular complexity index is 631. The Labute approximate surface area is 142 Å². The minimum atomic E-state index is -0.320. The van der Waals surface area contributed by atoms with Gasteiger partial charge in [0.05, 0.1) is 29.8 Å². The van der Waals surface area contributed by atoms with E-state index in [1.807, 2.05) is 6.92 Å². The monoisotopic (exact) mass is 329 g/mol. The Hall–Kier alpha value is -2.39. The van der Waals surface area contributed by atoms with Crippen molar-refractivity contribution in [2.45, 2.75) is 32.7 Å². The van der Waals surface area contributed by atoms with E-state index >= 15 is 0 Å². The van der Waals surface area contributed by atoms with Crippen LogP contribution in [0.15, 0.2) is 24.3 Å². The summed E-state index contributed by atoms with van der Waals surface area (Å²) in [4.78, 5) is 26.3. The second-order valence-corrected chi connectivity index (χ2v) is 5.88.